The molecule has 0 rings (SSSR count). The maximum absolute atomic E-state index is 11.5. The van der Waals surface area contributed by atoms with Crippen molar-refractivity contribution in [2.24, 2.45) is 0 Å². The van der Waals surface area contributed by atoms with E-state index in [0.29, 0.717) is 0 Å². The van der Waals surface area contributed by atoms with E-state index in [9.17, 15) is 9.90 Å². The van der Waals surface area contributed by atoms with E-state index in [-0.39, 0.29) is 0 Å². The largest absolute Gasteiger partial charge is 0.460 e. The normalized spacial score (nSPS) is 19.5. The number of ether oxygens (including phenoxy) is 1. The Balaban J connectivity index is 4.16. The van der Waals surface area contributed by atoms with E-state index in [1.165, 1.54) is 38.2 Å². The number of rotatable bonds is 13. The number of hydrogen-bond acceptors (Lipinski definition) is 4. The van der Waals surface area contributed by atoms with Crippen molar-refractivity contribution in [3.63, 3.8) is 0 Å². The zero-order valence-corrected chi connectivity index (χ0v) is 12.7. The highest BCUT2D eigenvalue weighted by Gasteiger charge is 2.04. The van der Waals surface area contributed by atoms with E-state index in [4.69, 9.17) is 12.0 Å². The lowest BCUT2D eigenvalue weighted by atomic mass is 10.1. The summed E-state index contributed by atoms with van der Waals surface area (Å²) >= 11 is 0. The van der Waals surface area contributed by atoms with Gasteiger partial charge >= 0.3 is 5.97 Å². The maximum Gasteiger partial charge on any atom is 0.330 e. The first kappa shape index (κ1) is 12.4. The lowest BCUT2D eigenvalue weighted by molar-refractivity contribution is -0.141. The zero-order chi connectivity index (χ0) is 20.3. The Kier molecular flexibility index (Phi) is 9.02. The minimum absolute atomic E-state index is 0.852. The molecular formula is C17H30O4. The first-order valence-corrected chi connectivity index (χ1v) is 7.46. The van der Waals surface area contributed by atoms with Crippen LogP contribution in [-0.2, 0) is 9.53 Å². The van der Waals surface area contributed by atoms with Gasteiger partial charge in [0.05, 0.1) is 13.4 Å². The quantitative estimate of drug-likeness (QED) is 0.237. The van der Waals surface area contributed by atoms with Crippen LogP contribution in [0.15, 0.2) is 24.3 Å². The third kappa shape index (κ3) is 15.1. The van der Waals surface area contributed by atoms with Crippen LogP contribution in [0, 0.1) is 0 Å². The Bertz CT molecular complexity index is 470. The fraction of sp³-hybridized carbons (Fsp3) is 0.706. The van der Waals surface area contributed by atoms with Crippen LogP contribution < -0.4 is 0 Å². The second-order valence-electron chi connectivity index (χ2n) is 4.68. The van der Waals surface area contributed by atoms with Crippen LogP contribution in [0.5, 0.6) is 0 Å². The van der Waals surface area contributed by atoms with Gasteiger partial charge in [-0.3, -0.25) is 0 Å². The Hall–Kier alpha value is -1.13. The first-order valence-electron chi connectivity index (χ1n) is 9.96. The molecule has 0 aromatic rings. The summed E-state index contributed by atoms with van der Waals surface area (Å²) in [6, 6.07) is 0. The van der Waals surface area contributed by atoms with Gasteiger partial charge in [0.1, 0.15) is 12.6 Å². The molecule has 2 N–H and O–H groups in total. The molecule has 122 valence electrons. The molecule has 0 saturated heterocycles. The average Bonchev–Trinajstić information content (AvgIpc) is 2.50. The van der Waals surface area contributed by atoms with Crippen LogP contribution in [0.25, 0.3) is 0 Å². The molecular weight excluding hydrogens is 268 g/mol. The van der Waals surface area contributed by atoms with Crippen molar-refractivity contribution in [1.29, 1.82) is 0 Å². The third-order valence-corrected chi connectivity index (χ3v) is 2.81. The van der Waals surface area contributed by atoms with Crippen molar-refractivity contribution in [2.75, 3.05) is 13.1 Å². The molecule has 0 heterocycles. The summed E-state index contributed by atoms with van der Waals surface area (Å²) in [7, 11) is 0. The second kappa shape index (κ2) is 15.3. The molecule has 21 heavy (non-hydrogen) atoms. The Labute approximate surface area is 135 Å². The van der Waals surface area contributed by atoms with Crippen molar-refractivity contribution in [2.45, 2.75) is 64.4 Å². The predicted octanol–water partition coefficient (Wildman–Crippen LogP) is 3.14. The van der Waals surface area contributed by atoms with Gasteiger partial charge in [0, 0.05) is 6.08 Å². The van der Waals surface area contributed by atoms with E-state index >= 15 is 0 Å². The average molecular weight is 303 g/mol. The number of esters is 1. The van der Waals surface area contributed by atoms with Crippen molar-refractivity contribution in [1.82, 2.24) is 0 Å². The maximum atomic E-state index is 11.5. The van der Waals surface area contributed by atoms with Gasteiger partial charge in [-0.25, -0.2) is 4.79 Å². The van der Waals surface area contributed by atoms with E-state index < -0.39 is 25.2 Å². The summed E-state index contributed by atoms with van der Waals surface area (Å²) < 4.78 is 39.7. The van der Waals surface area contributed by atoms with Crippen molar-refractivity contribution >= 4 is 5.97 Å². The summed E-state index contributed by atoms with van der Waals surface area (Å²) in [5.74, 6) is -1.20. The first-order chi connectivity index (χ1) is 12.0. The molecule has 0 aromatic carbocycles. The molecule has 0 fully saturated rings. The van der Waals surface area contributed by atoms with E-state index in [0.717, 1.165) is 25.3 Å². The molecule has 0 spiro atoms. The van der Waals surface area contributed by atoms with Gasteiger partial charge < -0.3 is 14.9 Å². The fourth-order valence-electron chi connectivity index (χ4n) is 1.68. The lowest BCUT2D eigenvalue weighted by Crippen LogP contribution is -2.21. The molecule has 4 heteroatoms. The monoisotopic (exact) mass is 303 g/mol. The molecule has 0 aliphatic rings. The topological polar surface area (TPSA) is 66.8 Å². The molecule has 0 radical (unpaired) electrons. The van der Waals surface area contributed by atoms with Crippen LogP contribution in [-0.4, -0.2) is 35.4 Å². The summed E-state index contributed by atoms with van der Waals surface area (Å²) in [6.45, 7) is -4.87. The predicted molar refractivity (Wildman–Crippen MR) is 84.9 cm³/mol. The Morgan fingerprint density at radius 2 is 1.90 bits per heavy atom. The summed E-state index contributed by atoms with van der Waals surface area (Å²) in [6.07, 6.45) is 11.3. The smallest absolute Gasteiger partial charge is 0.330 e. The highest BCUT2D eigenvalue weighted by molar-refractivity contribution is 5.82. The van der Waals surface area contributed by atoms with Gasteiger partial charge in [0.15, 0.2) is 0 Å². The second-order valence-corrected chi connectivity index (χ2v) is 4.68. The van der Waals surface area contributed by atoms with Gasteiger partial charge in [-0.1, -0.05) is 63.7 Å². The van der Waals surface area contributed by atoms with Crippen molar-refractivity contribution in [3.8, 4) is 0 Å². The third-order valence-electron chi connectivity index (χ3n) is 2.81. The van der Waals surface area contributed by atoms with Crippen LogP contribution in [0.4, 0.5) is 0 Å². The van der Waals surface area contributed by atoms with Crippen LogP contribution >= 0.6 is 0 Å². The van der Waals surface area contributed by atoms with Crippen LogP contribution in [0.1, 0.15) is 65.1 Å². The summed E-state index contributed by atoms with van der Waals surface area (Å²) in [5.41, 5.74) is 0. The van der Waals surface area contributed by atoms with Gasteiger partial charge in [0.2, 0.25) is 0 Å². The van der Waals surface area contributed by atoms with Crippen LogP contribution in [0.2, 0.25) is 0 Å². The molecule has 0 aliphatic carbocycles. The molecule has 0 bridgehead atoms. The number of hydrogen-bond donors (Lipinski definition) is 2. The highest BCUT2D eigenvalue weighted by Crippen LogP contribution is 2.08. The van der Waals surface area contributed by atoms with E-state index in [1.807, 2.05) is 6.08 Å². The Morgan fingerprint density at radius 1 is 1.24 bits per heavy atom. The number of carbonyl (C=O) groups excluding carboxylic acids is 1. The SMILES string of the molecule is [2H]C([2H])(O)[C@]([2H])(O)C([2H])([2H])OC(=O)/C=C/C=C/CCCCCCCCC. The summed E-state index contributed by atoms with van der Waals surface area (Å²) in [5, 5.41) is 18.4. The molecule has 0 unspecified atom stereocenters. The standard InChI is InChI=1S/C17H30O4/c1-2-3-4-5-6-7-8-9-10-11-12-13-17(20)21-15-16(19)14-18/h10-13,16,18-19H,2-9,14-15H2,1H3/b11-10+,13-12+/t16-/m0/s1/i14D2,15D2,16D. The Morgan fingerprint density at radius 3 is 2.57 bits per heavy atom. The van der Waals surface area contributed by atoms with Crippen molar-refractivity contribution in [3.05, 3.63) is 24.3 Å². The minimum Gasteiger partial charge on any atom is -0.460 e. The van der Waals surface area contributed by atoms with Gasteiger partial charge in [-0.05, 0) is 12.8 Å². The van der Waals surface area contributed by atoms with Crippen molar-refractivity contribution < 1.29 is 26.6 Å². The summed E-state index contributed by atoms with van der Waals surface area (Å²) in [4.78, 5) is 11.5. The minimum atomic E-state index is -3.67. The van der Waals surface area contributed by atoms with E-state index in [1.54, 1.807) is 6.08 Å². The molecule has 0 aliphatic heterocycles. The van der Waals surface area contributed by atoms with Gasteiger partial charge in [-0.15, -0.1) is 0 Å². The molecule has 0 amide bonds. The lowest BCUT2D eigenvalue weighted by Gasteiger charge is -2.05. The highest BCUT2D eigenvalue weighted by atomic mass is 16.5. The van der Waals surface area contributed by atoms with Crippen LogP contribution in [0.3, 0.4) is 0 Å². The fourth-order valence-corrected chi connectivity index (χ4v) is 1.68. The van der Waals surface area contributed by atoms with Gasteiger partial charge in [-0.2, -0.15) is 0 Å². The molecule has 0 saturated carbocycles. The number of carbonyl (C=O) groups is 1. The number of allylic oxidation sites excluding steroid dienone is 3. The van der Waals surface area contributed by atoms with E-state index in [2.05, 4.69) is 11.7 Å². The molecule has 4 nitrogen and oxygen atoms in total. The zero-order valence-electron chi connectivity index (χ0n) is 17.7. The number of aliphatic hydroxyl groups is 2. The molecule has 1 atom stereocenters. The van der Waals surface area contributed by atoms with Gasteiger partial charge in [0.25, 0.3) is 0 Å². The number of unbranched alkanes of at least 4 members (excludes halogenated alkanes) is 7. The molecule has 0 aromatic heterocycles.